The molecule has 28 heavy (non-hydrogen) atoms. The summed E-state index contributed by atoms with van der Waals surface area (Å²) in [5, 5.41) is 16.7. The minimum atomic E-state index is -3.03. The van der Waals surface area contributed by atoms with E-state index < -0.39 is 15.9 Å². The molecule has 2 aromatic rings. The van der Waals surface area contributed by atoms with Crippen molar-refractivity contribution in [1.29, 1.82) is 0 Å². The van der Waals surface area contributed by atoms with Crippen molar-refractivity contribution in [3.8, 4) is 0 Å². The van der Waals surface area contributed by atoms with Gasteiger partial charge in [-0.2, -0.15) is 0 Å². The highest BCUT2D eigenvalue weighted by atomic mass is 32.2. The van der Waals surface area contributed by atoms with Crippen molar-refractivity contribution in [1.82, 2.24) is 10.6 Å². The molecule has 0 aliphatic heterocycles. The van der Waals surface area contributed by atoms with E-state index >= 15 is 0 Å². The van der Waals surface area contributed by atoms with Gasteiger partial charge in [-0.1, -0.05) is 54.6 Å². The smallest absolute Gasteiger partial charge is 0.191 e. The summed E-state index contributed by atoms with van der Waals surface area (Å²) in [5.74, 6) is 0.729. The number of guanidine groups is 1. The van der Waals surface area contributed by atoms with E-state index in [-0.39, 0.29) is 5.75 Å². The molecule has 0 aromatic heterocycles. The first-order valence-electron chi connectivity index (χ1n) is 9.38. The molecule has 6 nitrogen and oxygen atoms in total. The Morgan fingerprint density at radius 2 is 1.68 bits per heavy atom. The second-order valence-corrected chi connectivity index (χ2v) is 8.86. The zero-order chi connectivity index (χ0) is 20.4. The van der Waals surface area contributed by atoms with E-state index in [4.69, 9.17) is 0 Å². The van der Waals surface area contributed by atoms with Gasteiger partial charge in [0.25, 0.3) is 0 Å². The van der Waals surface area contributed by atoms with Crippen LogP contribution in [0.5, 0.6) is 0 Å². The van der Waals surface area contributed by atoms with E-state index in [1.807, 2.05) is 61.5 Å². The Labute approximate surface area is 167 Å². The van der Waals surface area contributed by atoms with Crippen molar-refractivity contribution in [2.75, 3.05) is 19.3 Å². The minimum absolute atomic E-state index is 0.0461. The molecular formula is C21H29N3O3S. The molecule has 0 amide bonds. The highest BCUT2D eigenvalue weighted by molar-refractivity contribution is 7.89. The van der Waals surface area contributed by atoms with E-state index in [0.717, 1.165) is 23.2 Å². The number of nitrogens with one attached hydrogen (secondary N) is 2. The average molecular weight is 404 g/mol. The van der Waals surface area contributed by atoms with Crippen LogP contribution in [0.25, 0.3) is 0 Å². The van der Waals surface area contributed by atoms with Gasteiger partial charge >= 0.3 is 0 Å². The predicted octanol–water partition coefficient (Wildman–Crippen LogP) is 2.41. The number of aliphatic hydroxyl groups is 1. The molecule has 0 radical (unpaired) electrons. The van der Waals surface area contributed by atoms with E-state index in [1.165, 1.54) is 6.26 Å². The lowest BCUT2D eigenvalue weighted by Crippen LogP contribution is -2.38. The molecule has 2 aromatic carbocycles. The van der Waals surface area contributed by atoms with Gasteiger partial charge < -0.3 is 15.7 Å². The third kappa shape index (κ3) is 8.10. The monoisotopic (exact) mass is 403 g/mol. The number of aliphatic hydroxyl groups excluding tert-OH is 1. The molecule has 0 saturated heterocycles. The number of hydrogen-bond acceptors (Lipinski definition) is 4. The molecule has 2 rings (SSSR count). The van der Waals surface area contributed by atoms with Gasteiger partial charge in [0.15, 0.2) is 15.8 Å². The van der Waals surface area contributed by atoms with Crippen molar-refractivity contribution >= 4 is 15.8 Å². The molecule has 0 heterocycles. The Morgan fingerprint density at radius 3 is 2.29 bits per heavy atom. The maximum absolute atomic E-state index is 11.4. The Balaban J connectivity index is 1.87. The molecule has 0 spiro atoms. The summed E-state index contributed by atoms with van der Waals surface area (Å²) in [6.45, 7) is 3.81. The van der Waals surface area contributed by atoms with Crippen LogP contribution in [-0.2, 0) is 22.1 Å². The highest BCUT2D eigenvalue weighted by Crippen LogP contribution is 2.14. The third-order valence-electron chi connectivity index (χ3n) is 4.11. The van der Waals surface area contributed by atoms with E-state index in [2.05, 4.69) is 15.6 Å². The lowest BCUT2D eigenvalue weighted by atomic mass is 10.1. The zero-order valence-corrected chi connectivity index (χ0v) is 17.2. The van der Waals surface area contributed by atoms with Gasteiger partial charge in [0, 0.05) is 19.3 Å². The molecule has 1 atom stereocenters. The highest BCUT2D eigenvalue weighted by Gasteiger charge is 2.07. The number of nitrogens with zero attached hydrogens (tertiary/aromatic N) is 1. The molecule has 0 saturated carbocycles. The Morgan fingerprint density at radius 1 is 1.04 bits per heavy atom. The number of sulfone groups is 1. The predicted molar refractivity (Wildman–Crippen MR) is 114 cm³/mol. The molecule has 152 valence electrons. The molecule has 0 bridgehead atoms. The number of benzene rings is 2. The second-order valence-electron chi connectivity index (χ2n) is 6.72. The molecule has 0 aliphatic carbocycles. The van der Waals surface area contributed by atoms with E-state index in [9.17, 15) is 13.5 Å². The summed E-state index contributed by atoms with van der Waals surface area (Å²) in [5.41, 5.74) is 2.68. The Hall–Kier alpha value is -2.38. The first-order valence-corrected chi connectivity index (χ1v) is 11.4. The summed E-state index contributed by atoms with van der Waals surface area (Å²) >= 11 is 0. The fourth-order valence-electron chi connectivity index (χ4n) is 2.72. The molecule has 3 N–H and O–H groups in total. The van der Waals surface area contributed by atoms with Crippen LogP contribution in [-0.4, -0.2) is 38.8 Å². The van der Waals surface area contributed by atoms with Crippen LogP contribution in [0, 0.1) is 0 Å². The minimum Gasteiger partial charge on any atom is -0.388 e. The van der Waals surface area contributed by atoms with Crippen LogP contribution >= 0.6 is 0 Å². The number of hydrogen-bond donors (Lipinski definition) is 3. The van der Waals surface area contributed by atoms with Crippen molar-refractivity contribution < 1.29 is 13.5 Å². The standard InChI is InChI=1S/C21H29N3O3S/c1-3-22-21(23-14-13-20(25)19-7-5-4-6-8-19)24-15-17-9-11-18(12-10-17)16-28(2,26)27/h4-12,20,25H,3,13-16H2,1-2H3,(H2,22,23,24). The van der Waals surface area contributed by atoms with Crippen molar-refractivity contribution in [2.45, 2.75) is 31.7 Å². The zero-order valence-electron chi connectivity index (χ0n) is 16.4. The number of aliphatic imine (C=N–C) groups is 1. The Kier molecular flexibility index (Phi) is 8.47. The van der Waals surface area contributed by atoms with Crippen LogP contribution in [0.1, 0.15) is 36.1 Å². The summed E-state index contributed by atoms with van der Waals surface area (Å²) in [4.78, 5) is 4.55. The summed E-state index contributed by atoms with van der Waals surface area (Å²) in [7, 11) is -3.03. The lowest BCUT2D eigenvalue weighted by Gasteiger charge is -2.14. The Bertz CT molecular complexity index is 850. The van der Waals surface area contributed by atoms with Crippen molar-refractivity contribution in [3.63, 3.8) is 0 Å². The third-order valence-corrected chi connectivity index (χ3v) is 4.97. The van der Waals surface area contributed by atoms with Gasteiger partial charge in [-0.25, -0.2) is 13.4 Å². The van der Waals surface area contributed by atoms with E-state index in [1.54, 1.807) is 0 Å². The average Bonchev–Trinajstić information content (AvgIpc) is 2.66. The molecule has 7 heteroatoms. The van der Waals surface area contributed by atoms with Crippen LogP contribution in [0.15, 0.2) is 59.6 Å². The van der Waals surface area contributed by atoms with Crippen LogP contribution in [0.2, 0.25) is 0 Å². The topological polar surface area (TPSA) is 90.8 Å². The molecule has 0 aliphatic rings. The molecular weight excluding hydrogens is 374 g/mol. The first kappa shape index (κ1) is 21.9. The summed E-state index contributed by atoms with van der Waals surface area (Å²) < 4.78 is 22.7. The van der Waals surface area contributed by atoms with Crippen LogP contribution < -0.4 is 10.6 Å². The van der Waals surface area contributed by atoms with Crippen LogP contribution in [0.4, 0.5) is 0 Å². The van der Waals surface area contributed by atoms with Gasteiger partial charge in [-0.15, -0.1) is 0 Å². The fourth-order valence-corrected chi connectivity index (χ4v) is 3.52. The van der Waals surface area contributed by atoms with Crippen LogP contribution in [0.3, 0.4) is 0 Å². The first-order chi connectivity index (χ1) is 13.4. The van der Waals surface area contributed by atoms with Gasteiger partial charge in [-0.3, -0.25) is 0 Å². The second kappa shape index (κ2) is 10.8. The quantitative estimate of drug-likeness (QED) is 0.442. The summed E-state index contributed by atoms with van der Waals surface area (Å²) in [6, 6.07) is 17.0. The fraction of sp³-hybridized carbons (Fsp3) is 0.381. The largest absolute Gasteiger partial charge is 0.388 e. The summed E-state index contributed by atoms with van der Waals surface area (Å²) in [6.07, 6.45) is 1.29. The molecule has 0 fully saturated rings. The SMILES string of the molecule is CCNC(=NCc1ccc(CS(C)(=O)=O)cc1)NCCC(O)c1ccccc1. The maximum Gasteiger partial charge on any atom is 0.191 e. The van der Waals surface area contributed by atoms with E-state index in [0.29, 0.717) is 25.5 Å². The van der Waals surface area contributed by atoms with Gasteiger partial charge in [0.1, 0.15) is 0 Å². The van der Waals surface area contributed by atoms with Gasteiger partial charge in [0.05, 0.1) is 18.4 Å². The molecule has 1 unspecified atom stereocenters. The normalized spacial score (nSPS) is 13.2. The van der Waals surface area contributed by atoms with Crippen molar-refractivity contribution in [2.24, 2.45) is 4.99 Å². The van der Waals surface area contributed by atoms with Gasteiger partial charge in [0.2, 0.25) is 0 Å². The lowest BCUT2D eigenvalue weighted by molar-refractivity contribution is 0.168. The maximum atomic E-state index is 11.4. The number of rotatable bonds is 9. The van der Waals surface area contributed by atoms with Gasteiger partial charge in [-0.05, 0) is 30.0 Å². The van der Waals surface area contributed by atoms with Crippen molar-refractivity contribution in [3.05, 3.63) is 71.3 Å².